The van der Waals surface area contributed by atoms with Gasteiger partial charge in [0.15, 0.2) is 11.6 Å². The first-order chi connectivity index (χ1) is 8.06. The minimum absolute atomic E-state index is 0.0527. The van der Waals surface area contributed by atoms with Crippen LogP contribution < -0.4 is 16.2 Å². The van der Waals surface area contributed by atoms with Gasteiger partial charge in [0.2, 0.25) is 0 Å². The van der Waals surface area contributed by atoms with Crippen LogP contribution in [0.4, 0.5) is 4.39 Å². The lowest BCUT2D eigenvalue weighted by atomic mass is 10.2. The van der Waals surface area contributed by atoms with Gasteiger partial charge in [0.05, 0.1) is 7.11 Å². The zero-order valence-electron chi connectivity index (χ0n) is 10.3. The van der Waals surface area contributed by atoms with E-state index < -0.39 is 0 Å². The summed E-state index contributed by atoms with van der Waals surface area (Å²) in [5.41, 5.74) is 12.1. The summed E-state index contributed by atoms with van der Waals surface area (Å²) >= 11 is 0. The molecular weight excluding hydrogens is 221 g/mol. The number of hydrogen-bond acceptors (Lipinski definition) is 4. The van der Waals surface area contributed by atoms with Gasteiger partial charge in [-0.05, 0) is 24.7 Å². The molecule has 0 saturated heterocycles. The molecule has 0 aromatic heterocycles. The molecule has 0 aliphatic rings. The quantitative estimate of drug-likeness (QED) is 0.763. The maximum Gasteiger partial charge on any atom is 0.165 e. The highest BCUT2D eigenvalue weighted by atomic mass is 19.1. The van der Waals surface area contributed by atoms with Gasteiger partial charge >= 0.3 is 0 Å². The summed E-state index contributed by atoms with van der Waals surface area (Å²) in [6.45, 7) is 1.76. The Morgan fingerprint density at radius 2 is 2.18 bits per heavy atom. The Morgan fingerprint density at radius 3 is 2.71 bits per heavy atom. The molecule has 0 amide bonds. The van der Waals surface area contributed by atoms with Crippen molar-refractivity contribution in [3.8, 4) is 5.75 Å². The van der Waals surface area contributed by atoms with E-state index in [4.69, 9.17) is 16.2 Å². The average molecular weight is 241 g/mol. The van der Waals surface area contributed by atoms with E-state index in [2.05, 4.69) is 0 Å². The van der Waals surface area contributed by atoms with Gasteiger partial charge in [-0.3, -0.25) is 0 Å². The van der Waals surface area contributed by atoms with Gasteiger partial charge in [0.25, 0.3) is 0 Å². The van der Waals surface area contributed by atoms with Gasteiger partial charge in [0, 0.05) is 25.7 Å². The Morgan fingerprint density at radius 1 is 1.47 bits per heavy atom. The lowest BCUT2D eigenvalue weighted by Crippen LogP contribution is -2.40. The summed E-state index contributed by atoms with van der Waals surface area (Å²) in [7, 11) is 3.38. The molecule has 0 aliphatic heterocycles. The summed E-state index contributed by atoms with van der Waals surface area (Å²) in [4.78, 5) is 2.01. The summed E-state index contributed by atoms with van der Waals surface area (Å²) in [6, 6.07) is 4.89. The molecule has 0 spiro atoms. The topological polar surface area (TPSA) is 64.5 Å². The molecule has 0 fully saturated rings. The summed E-state index contributed by atoms with van der Waals surface area (Å²) < 4.78 is 18.3. The largest absolute Gasteiger partial charge is 0.494 e. The standard InChI is InChI=1S/C12H20FN3O/c1-16(8-10(15)6-14)7-9-3-4-12(17-2)11(13)5-9/h3-5,10H,6-8,14-15H2,1-2H3. The number of methoxy groups -OCH3 is 1. The number of likely N-dealkylation sites (N-methyl/N-ethyl adjacent to an activating group) is 1. The third kappa shape index (κ3) is 4.30. The van der Waals surface area contributed by atoms with Gasteiger partial charge in [-0.2, -0.15) is 0 Å². The zero-order valence-corrected chi connectivity index (χ0v) is 10.3. The highest BCUT2D eigenvalue weighted by Gasteiger charge is 2.08. The minimum Gasteiger partial charge on any atom is -0.494 e. The molecule has 17 heavy (non-hydrogen) atoms. The predicted octanol–water partition coefficient (Wildman–Crippen LogP) is 0.552. The maximum atomic E-state index is 13.4. The van der Waals surface area contributed by atoms with Crippen molar-refractivity contribution in [1.29, 1.82) is 0 Å². The lowest BCUT2D eigenvalue weighted by Gasteiger charge is -2.20. The molecule has 1 rings (SSSR count). The fourth-order valence-electron chi connectivity index (χ4n) is 1.66. The molecule has 0 saturated carbocycles. The first kappa shape index (κ1) is 13.9. The third-order valence-corrected chi connectivity index (χ3v) is 2.52. The normalized spacial score (nSPS) is 12.8. The molecule has 4 nitrogen and oxygen atoms in total. The van der Waals surface area contributed by atoms with Crippen LogP contribution in [-0.2, 0) is 6.54 Å². The van der Waals surface area contributed by atoms with Gasteiger partial charge in [-0.15, -0.1) is 0 Å². The summed E-state index contributed by atoms with van der Waals surface area (Å²) in [6.07, 6.45) is 0. The van der Waals surface area contributed by atoms with Crippen LogP contribution in [0.15, 0.2) is 18.2 Å². The number of rotatable bonds is 6. The van der Waals surface area contributed by atoms with E-state index in [9.17, 15) is 4.39 Å². The number of halogens is 1. The summed E-state index contributed by atoms with van der Waals surface area (Å²) in [5.74, 6) is -0.0865. The molecule has 96 valence electrons. The van der Waals surface area contributed by atoms with E-state index in [-0.39, 0.29) is 17.6 Å². The second-order valence-electron chi connectivity index (χ2n) is 4.16. The number of hydrogen-bond donors (Lipinski definition) is 2. The van der Waals surface area contributed by atoms with Crippen molar-refractivity contribution in [1.82, 2.24) is 4.90 Å². The third-order valence-electron chi connectivity index (χ3n) is 2.52. The van der Waals surface area contributed by atoms with Crippen LogP contribution in [0.1, 0.15) is 5.56 Å². The Labute approximate surface area is 101 Å². The van der Waals surface area contributed by atoms with Gasteiger partial charge in [-0.1, -0.05) is 6.07 Å². The predicted molar refractivity (Wildman–Crippen MR) is 66.3 cm³/mol. The zero-order chi connectivity index (χ0) is 12.8. The first-order valence-corrected chi connectivity index (χ1v) is 5.53. The van der Waals surface area contributed by atoms with Crippen LogP contribution >= 0.6 is 0 Å². The Balaban J connectivity index is 2.59. The van der Waals surface area contributed by atoms with Crippen LogP contribution in [0.3, 0.4) is 0 Å². The van der Waals surface area contributed by atoms with Gasteiger partial charge in [0.1, 0.15) is 0 Å². The van der Waals surface area contributed by atoms with E-state index in [1.54, 1.807) is 6.07 Å². The van der Waals surface area contributed by atoms with Crippen LogP contribution in [0, 0.1) is 5.82 Å². The second kappa shape index (κ2) is 6.54. The number of nitrogens with two attached hydrogens (primary N) is 2. The fraction of sp³-hybridized carbons (Fsp3) is 0.500. The number of nitrogens with zero attached hydrogens (tertiary/aromatic N) is 1. The van der Waals surface area contributed by atoms with E-state index in [1.807, 2.05) is 18.0 Å². The van der Waals surface area contributed by atoms with E-state index in [0.29, 0.717) is 19.6 Å². The molecule has 0 bridgehead atoms. The van der Waals surface area contributed by atoms with E-state index in [1.165, 1.54) is 13.2 Å². The molecule has 5 heteroatoms. The monoisotopic (exact) mass is 241 g/mol. The average Bonchev–Trinajstić information content (AvgIpc) is 2.29. The van der Waals surface area contributed by atoms with Crippen molar-refractivity contribution >= 4 is 0 Å². The minimum atomic E-state index is -0.346. The molecule has 0 heterocycles. The van der Waals surface area contributed by atoms with Crippen molar-refractivity contribution in [2.24, 2.45) is 11.5 Å². The van der Waals surface area contributed by atoms with Crippen LogP contribution in [0.25, 0.3) is 0 Å². The molecule has 1 atom stereocenters. The Kier molecular flexibility index (Phi) is 5.34. The smallest absolute Gasteiger partial charge is 0.165 e. The molecular formula is C12H20FN3O. The number of benzene rings is 1. The van der Waals surface area contributed by atoms with Crippen molar-refractivity contribution in [3.05, 3.63) is 29.6 Å². The molecule has 0 aliphatic carbocycles. The lowest BCUT2D eigenvalue weighted by molar-refractivity contribution is 0.304. The molecule has 1 unspecified atom stereocenters. The van der Waals surface area contributed by atoms with Crippen molar-refractivity contribution in [2.75, 3.05) is 27.2 Å². The van der Waals surface area contributed by atoms with Gasteiger partial charge < -0.3 is 21.1 Å². The highest BCUT2D eigenvalue weighted by molar-refractivity contribution is 5.29. The molecule has 0 radical (unpaired) electrons. The highest BCUT2D eigenvalue weighted by Crippen LogP contribution is 2.18. The molecule has 1 aromatic rings. The second-order valence-corrected chi connectivity index (χ2v) is 4.16. The SMILES string of the molecule is COc1ccc(CN(C)CC(N)CN)cc1F. The van der Waals surface area contributed by atoms with Crippen LogP contribution in [0.2, 0.25) is 0 Å². The van der Waals surface area contributed by atoms with E-state index >= 15 is 0 Å². The summed E-state index contributed by atoms with van der Waals surface area (Å²) in [5, 5.41) is 0. The molecule has 1 aromatic carbocycles. The van der Waals surface area contributed by atoms with Crippen molar-refractivity contribution < 1.29 is 9.13 Å². The molecule has 4 N–H and O–H groups in total. The number of ether oxygens (including phenoxy) is 1. The van der Waals surface area contributed by atoms with Crippen LogP contribution in [-0.4, -0.2) is 38.2 Å². The van der Waals surface area contributed by atoms with Crippen LogP contribution in [0.5, 0.6) is 5.75 Å². The Bertz CT molecular complexity index is 360. The van der Waals surface area contributed by atoms with Crippen molar-refractivity contribution in [2.45, 2.75) is 12.6 Å². The Hall–Kier alpha value is -1.17. The van der Waals surface area contributed by atoms with Crippen molar-refractivity contribution in [3.63, 3.8) is 0 Å². The fourth-order valence-corrected chi connectivity index (χ4v) is 1.66. The first-order valence-electron chi connectivity index (χ1n) is 5.53. The maximum absolute atomic E-state index is 13.4. The van der Waals surface area contributed by atoms with E-state index in [0.717, 1.165) is 5.56 Å². The van der Waals surface area contributed by atoms with Gasteiger partial charge in [-0.25, -0.2) is 4.39 Å².